The maximum absolute atomic E-state index is 9.56. The van der Waals surface area contributed by atoms with Crippen LogP contribution in [0.25, 0.3) is 72.4 Å². The van der Waals surface area contributed by atoms with Gasteiger partial charge in [-0.1, -0.05) is 107 Å². The van der Waals surface area contributed by atoms with E-state index in [1.165, 1.54) is 0 Å². The van der Waals surface area contributed by atoms with Crippen LogP contribution >= 0.6 is 0 Å². The van der Waals surface area contributed by atoms with Crippen LogP contribution in [0.3, 0.4) is 0 Å². The van der Waals surface area contributed by atoms with Gasteiger partial charge in [0, 0.05) is 38.7 Å². The average Bonchev–Trinajstić information content (AvgIpc) is 3.88. The minimum Gasteiger partial charge on any atom is -0.500 e. The Morgan fingerprint density at radius 1 is 0.810 bits per heavy atom. The van der Waals surface area contributed by atoms with Gasteiger partial charge in [0.2, 0.25) is 0 Å². The molecule has 1 radical (unpaired) electrons. The van der Waals surface area contributed by atoms with Crippen molar-refractivity contribution in [3.63, 3.8) is 0 Å². The van der Waals surface area contributed by atoms with Gasteiger partial charge in [-0.3, -0.25) is 4.98 Å². The third-order valence-electron chi connectivity index (χ3n) is 12.3. The first-order valence-electron chi connectivity index (χ1n) is 23.2. The molecule has 6 heteroatoms. The normalized spacial score (nSPS) is 15.0. The van der Waals surface area contributed by atoms with Crippen LogP contribution in [-0.2, 0) is 20.1 Å². The summed E-state index contributed by atoms with van der Waals surface area (Å²) in [4.78, 5) is 9.45. The second kappa shape index (κ2) is 18.3. The summed E-state index contributed by atoms with van der Waals surface area (Å²) in [5.41, 5.74) is 12.0. The van der Waals surface area contributed by atoms with Crippen molar-refractivity contribution in [3.05, 3.63) is 174 Å². The number of nitriles is 1. The molecule has 0 N–H and O–H groups in total. The van der Waals surface area contributed by atoms with E-state index in [2.05, 4.69) is 87.5 Å². The van der Waals surface area contributed by atoms with Gasteiger partial charge in [-0.2, -0.15) is 5.26 Å². The Hall–Kier alpha value is -6.12. The van der Waals surface area contributed by atoms with Gasteiger partial charge >= 0.3 is 0 Å². The van der Waals surface area contributed by atoms with E-state index in [1.54, 1.807) is 12.3 Å². The molecule has 0 spiro atoms. The molecule has 1 saturated carbocycles. The van der Waals surface area contributed by atoms with E-state index in [0.29, 0.717) is 40.2 Å². The number of imidazole rings is 1. The number of aromatic nitrogens is 3. The molecule has 0 atom stereocenters. The van der Waals surface area contributed by atoms with Crippen LogP contribution in [0.5, 0.6) is 0 Å². The zero-order valence-corrected chi connectivity index (χ0v) is 39.0. The van der Waals surface area contributed by atoms with E-state index in [4.69, 9.17) is 9.40 Å². The summed E-state index contributed by atoms with van der Waals surface area (Å²) < 4.78 is 36.6. The van der Waals surface area contributed by atoms with Crippen LogP contribution in [-0.4, -0.2) is 14.5 Å². The van der Waals surface area contributed by atoms with Crippen molar-refractivity contribution in [2.75, 3.05) is 0 Å². The van der Waals surface area contributed by atoms with Crippen molar-refractivity contribution in [3.8, 4) is 45.5 Å². The largest absolute Gasteiger partial charge is 0.500 e. The maximum Gasteiger partial charge on any atom is 0.122 e. The minimum absolute atomic E-state index is 0. The van der Waals surface area contributed by atoms with E-state index in [0.717, 1.165) is 92.3 Å². The standard InChI is InChI=1S/C46H44N3O.C11H8N.Ir/c1-28(2)38-25-34(32-17-15-31(16-18-32)33-20-22-46(5,6)23-21-33)26-39(29(3)4)43(38)49-41-13-8-7-12-40(41)48-45(49)37-11-9-10-36-35-19-14-30(27-47)24-42(35)50-44(36)37;1-2-6-10(7-3-1)11-8-4-5-9-12-11;/h7-10,12-19,24-26,28-29,33H,20-23H2,1-6H3;1-6,8-9H;/q2*-1;/i17D,18D,33D;;. The number of fused-ring (bicyclic) bond motifs is 4. The zero-order chi connectivity index (χ0) is 45.6. The number of nitrogens with zero attached hydrogens (tertiary/aromatic N) is 4. The van der Waals surface area contributed by atoms with Gasteiger partial charge in [-0.25, -0.2) is 0 Å². The number of para-hydroxylation sites is 2. The molecular formula is C57H52IrN4O-2. The first-order chi connectivity index (χ1) is 31.2. The first-order valence-corrected chi connectivity index (χ1v) is 21.7. The van der Waals surface area contributed by atoms with Crippen molar-refractivity contribution in [2.24, 2.45) is 5.41 Å². The molecule has 0 unspecified atom stereocenters. The van der Waals surface area contributed by atoms with Crippen molar-refractivity contribution in [1.82, 2.24) is 14.5 Å². The number of benzene rings is 6. The van der Waals surface area contributed by atoms with Gasteiger partial charge < -0.3 is 14.0 Å². The fourth-order valence-corrected chi connectivity index (χ4v) is 8.71. The van der Waals surface area contributed by atoms with Crippen molar-refractivity contribution < 1.29 is 28.6 Å². The molecule has 1 aliphatic rings. The monoisotopic (exact) mass is 1000 g/mol. The summed E-state index contributed by atoms with van der Waals surface area (Å²) >= 11 is 0. The van der Waals surface area contributed by atoms with E-state index >= 15 is 0 Å². The van der Waals surface area contributed by atoms with Crippen LogP contribution in [0.1, 0.15) is 111 Å². The van der Waals surface area contributed by atoms with Crippen LogP contribution in [0.4, 0.5) is 0 Å². The Morgan fingerprint density at radius 3 is 2.19 bits per heavy atom. The first kappa shape index (κ1) is 39.7. The number of furan rings is 1. The number of hydrogen-bond donors (Lipinski definition) is 0. The molecule has 3 aromatic heterocycles. The Kier molecular flexibility index (Phi) is 11.5. The molecule has 3 heterocycles. The molecule has 317 valence electrons. The topological polar surface area (TPSA) is 67.6 Å². The van der Waals surface area contributed by atoms with Crippen LogP contribution in [0, 0.1) is 28.9 Å². The third kappa shape index (κ3) is 8.79. The van der Waals surface area contributed by atoms with Crippen molar-refractivity contribution in [1.29, 1.82) is 5.26 Å². The molecule has 0 amide bonds. The summed E-state index contributed by atoms with van der Waals surface area (Å²) in [6.07, 6.45) is 5.19. The average molecular weight is 1000 g/mol. The van der Waals surface area contributed by atoms with Crippen LogP contribution < -0.4 is 0 Å². The van der Waals surface area contributed by atoms with E-state index in [9.17, 15) is 9.37 Å². The maximum atomic E-state index is 9.56. The predicted molar refractivity (Wildman–Crippen MR) is 254 cm³/mol. The molecule has 5 nitrogen and oxygen atoms in total. The molecule has 0 bridgehead atoms. The SMILES string of the molecule is [2H]c1cc(C2([2H])CCC(C)(C)CC2)cc([2H])c1-c1cc(C(C)C)c(-n2c(-c3[c-]ccc4c3oc3cc(C#N)ccc34)nc3ccccc32)c(C(C)C)c1.[Ir].[c-]1ccccc1-c1ccccn1. The molecule has 0 aliphatic heterocycles. The van der Waals surface area contributed by atoms with Crippen LogP contribution in [0.15, 0.2) is 144 Å². The van der Waals surface area contributed by atoms with Gasteiger partial charge in [0.1, 0.15) is 5.58 Å². The Morgan fingerprint density at radius 2 is 1.52 bits per heavy atom. The molecule has 9 aromatic rings. The summed E-state index contributed by atoms with van der Waals surface area (Å²) in [5.74, 6) is 0.121. The summed E-state index contributed by atoms with van der Waals surface area (Å²) in [6.45, 7) is 13.3. The molecular weight excluding hydrogens is 949 g/mol. The summed E-state index contributed by atoms with van der Waals surface area (Å²) in [6, 6.07) is 48.7. The zero-order valence-electron chi connectivity index (χ0n) is 39.6. The van der Waals surface area contributed by atoms with E-state index in [-0.39, 0.29) is 37.4 Å². The fourth-order valence-electron chi connectivity index (χ4n) is 8.71. The number of hydrogen-bond acceptors (Lipinski definition) is 4. The molecule has 6 aromatic carbocycles. The Balaban J connectivity index is 0.000000394. The smallest absolute Gasteiger partial charge is 0.122 e. The predicted octanol–water partition coefficient (Wildman–Crippen LogP) is 15.4. The molecule has 1 aliphatic carbocycles. The van der Waals surface area contributed by atoms with E-state index < -0.39 is 5.89 Å². The summed E-state index contributed by atoms with van der Waals surface area (Å²) in [5, 5.41) is 11.4. The Labute approximate surface area is 389 Å². The molecule has 10 rings (SSSR count). The second-order valence-corrected chi connectivity index (χ2v) is 17.8. The van der Waals surface area contributed by atoms with E-state index in [1.807, 2.05) is 97.1 Å². The van der Waals surface area contributed by atoms with Gasteiger partial charge in [0.25, 0.3) is 0 Å². The quantitative estimate of drug-likeness (QED) is 0.149. The molecule has 1 fully saturated rings. The van der Waals surface area contributed by atoms with Gasteiger partial charge in [0.15, 0.2) is 0 Å². The molecule has 63 heavy (non-hydrogen) atoms. The van der Waals surface area contributed by atoms with Gasteiger partial charge in [-0.05, 0) is 125 Å². The number of rotatable bonds is 7. The minimum atomic E-state index is -0.772. The van der Waals surface area contributed by atoms with Gasteiger partial charge in [0.05, 0.1) is 36.8 Å². The van der Waals surface area contributed by atoms with Gasteiger partial charge in [-0.15, -0.1) is 54.1 Å². The molecule has 0 saturated heterocycles. The van der Waals surface area contributed by atoms with Crippen LogP contribution in [0.2, 0.25) is 0 Å². The Bertz CT molecular complexity index is 3160. The third-order valence-corrected chi connectivity index (χ3v) is 12.3. The number of pyridine rings is 1. The second-order valence-electron chi connectivity index (χ2n) is 17.8. The van der Waals surface area contributed by atoms with Crippen molar-refractivity contribution >= 4 is 33.0 Å². The fraction of sp³-hybridized carbons (Fsp3) is 0.246. The van der Waals surface area contributed by atoms with Crippen molar-refractivity contribution in [2.45, 2.75) is 85.0 Å². The summed E-state index contributed by atoms with van der Waals surface area (Å²) in [7, 11) is 0.